The standard InChI is InChI=1S/C13H25NO3S/c1-5-17-12(16)13(14-4,11-6-7-11)8-18-10(3)9(2)15/h9-11,14-15H,5-8H2,1-4H3. The van der Waals surface area contributed by atoms with E-state index in [2.05, 4.69) is 5.32 Å². The molecular formula is C13H25NO3S. The van der Waals surface area contributed by atoms with E-state index >= 15 is 0 Å². The molecule has 0 heterocycles. The first-order valence-corrected chi connectivity index (χ1v) is 7.68. The third-order valence-corrected chi connectivity index (χ3v) is 5.15. The van der Waals surface area contributed by atoms with Crippen LogP contribution in [0.1, 0.15) is 33.6 Å². The molecule has 0 aromatic carbocycles. The first kappa shape index (κ1) is 15.8. The summed E-state index contributed by atoms with van der Waals surface area (Å²) in [4.78, 5) is 12.2. The van der Waals surface area contributed by atoms with E-state index in [0.717, 1.165) is 12.8 Å². The first-order valence-electron chi connectivity index (χ1n) is 6.63. The molecular weight excluding hydrogens is 250 g/mol. The van der Waals surface area contributed by atoms with Crippen molar-refractivity contribution in [3.63, 3.8) is 0 Å². The normalized spacial score (nSPS) is 22.1. The van der Waals surface area contributed by atoms with Crippen LogP contribution < -0.4 is 5.32 Å². The zero-order chi connectivity index (χ0) is 13.8. The van der Waals surface area contributed by atoms with Crippen molar-refractivity contribution in [3.05, 3.63) is 0 Å². The van der Waals surface area contributed by atoms with Crippen LogP contribution in [0, 0.1) is 5.92 Å². The van der Waals surface area contributed by atoms with Gasteiger partial charge >= 0.3 is 5.97 Å². The SMILES string of the molecule is CCOC(=O)C(CSC(C)C(C)O)(NC)C1CC1. The molecule has 5 heteroatoms. The van der Waals surface area contributed by atoms with Crippen LogP contribution in [0.5, 0.6) is 0 Å². The number of likely N-dealkylation sites (N-methyl/N-ethyl adjacent to an activating group) is 1. The van der Waals surface area contributed by atoms with E-state index < -0.39 is 5.54 Å². The number of carbonyl (C=O) groups is 1. The minimum atomic E-state index is -0.580. The molecule has 0 spiro atoms. The number of aliphatic hydroxyl groups excluding tert-OH is 1. The van der Waals surface area contributed by atoms with Gasteiger partial charge in [0.2, 0.25) is 0 Å². The molecule has 1 rings (SSSR count). The lowest BCUT2D eigenvalue weighted by Crippen LogP contribution is -2.56. The topological polar surface area (TPSA) is 58.6 Å². The lowest BCUT2D eigenvalue weighted by atomic mass is 9.96. The molecule has 1 saturated carbocycles. The van der Waals surface area contributed by atoms with Gasteiger partial charge in [0.05, 0.1) is 12.7 Å². The highest BCUT2D eigenvalue weighted by molar-refractivity contribution is 8.00. The van der Waals surface area contributed by atoms with Gasteiger partial charge in [-0.3, -0.25) is 4.79 Å². The van der Waals surface area contributed by atoms with Crippen molar-refractivity contribution < 1.29 is 14.6 Å². The second kappa shape index (κ2) is 6.78. The summed E-state index contributed by atoms with van der Waals surface area (Å²) in [5.74, 6) is 0.870. The number of aliphatic hydroxyl groups is 1. The average molecular weight is 275 g/mol. The van der Waals surface area contributed by atoms with Gasteiger partial charge in [0, 0.05) is 11.0 Å². The van der Waals surface area contributed by atoms with E-state index in [-0.39, 0.29) is 17.3 Å². The quantitative estimate of drug-likeness (QED) is 0.656. The van der Waals surface area contributed by atoms with Crippen molar-refractivity contribution >= 4 is 17.7 Å². The third kappa shape index (κ3) is 3.62. The monoisotopic (exact) mass is 275 g/mol. The summed E-state index contributed by atoms with van der Waals surface area (Å²) in [5.41, 5.74) is -0.580. The number of nitrogens with one attached hydrogen (secondary N) is 1. The van der Waals surface area contributed by atoms with Gasteiger partial charge in [0.15, 0.2) is 0 Å². The Balaban J connectivity index is 2.68. The van der Waals surface area contributed by atoms with Gasteiger partial charge in [0.1, 0.15) is 5.54 Å². The highest BCUT2D eigenvalue weighted by Crippen LogP contribution is 2.42. The zero-order valence-corrected chi connectivity index (χ0v) is 12.5. The number of rotatable bonds is 8. The summed E-state index contributed by atoms with van der Waals surface area (Å²) in [5, 5.41) is 12.8. The van der Waals surface area contributed by atoms with Gasteiger partial charge in [0.25, 0.3) is 0 Å². The van der Waals surface area contributed by atoms with Crippen LogP contribution in [0.2, 0.25) is 0 Å². The molecule has 1 aliphatic carbocycles. The highest BCUT2D eigenvalue weighted by Gasteiger charge is 2.51. The lowest BCUT2D eigenvalue weighted by Gasteiger charge is -2.32. The number of carbonyl (C=O) groups excluding carboxylic acids is 1. The maximum Gasteiger partial charge on any atom is 0.327 e. The number of esters is 1. The number of thioether (sulfide) groups is 1. The number of ether oxygens (including phenoxy) is 1. The fourth-order valence-corrected chi connectivity index (χ4v) is 3.26. The Labute approximate surface area is 114 Å². The van der Waals surface area contributed by atoms with E-state index in [9.17, 15) is 9.90 Å². The van der Waals surface area contributed by atoms with Gasteiger partial charge in [-0.05, 0) is 39.7 Å². The number of hydrogen-bond donors (Lipinski definition) is 2. The van der Waals surface area contributed by atoms with Crippen molar-refractivity contribution in [1.29, 1.82) is 0 Å². The predicted octanol–water partition coefficient (Wildman–Crippen LogP) is 1.42. The van der Waals surface area contributed by atoms with Gasteiger partial charge in [-0.2, -0.15) is 11.8 Å². The summed E-state index contributed by atoms with van der Waals surface area (Å²) < 4.78 is 5.22. The lowest BCUT2D eigenvalue weighted by molar-refractivity contribution is -0.151. The minimum absolute atomic E-state index is 0.117. The molecule has 0 aliphatic heterocycles. The summed E-state index contributed by atoms with van der Waals surface area (Å²) in [7, 11) is 1.82. The van der Waals surface area contributed by atoms with Crippen LogP contribution in [0.4, 0.5) is 0 Å². The Hall–Kier alpha value is -0.260. The molecule has 106 valence electrons. The molecule has 0 bridgehead atoms. The van der Waals surface area contributed by atoms with Crippen LogP contribution in [0.25, 0.3) is 0 Å². The van der Waals surface area contributed by atoms with Crippen molar-refractivity contribution in [2.75, 3.05) is 19.4 Å². The summed E-state index contributed by atoms with van der Waals surface area (Å²) >= 11 is 1.63. The van der Waals surface area contributed by atoms with E-state index in [4.69, 9.17) is 4.74 Å². The van der Waals surface area contributed by atoms with Crippen LogP contribution in [-0.4, -0.2) is 47.4 Å². The zero-order valence-electron chi connectivity index (χ0n) is 11.7. The molecule has 0 aromatic rings. The molecule has 0 amide bonds. The maximum absolute atomic E-state index is 12.2. The molecule has 4 nitrogen and oxygen atoms in total. The maximum atomic E-state index is 12.2. The Bertz CT molecular complexity index is 281. The highest BCUT2D eigenvalue weighted by atomic mass is 32.2. The fourth-order valence-electron chi connectivity index (χ4n) is 1.96. The summed E-state index contributed by atoms with van der Waals surface area (Å²) in [6.45, 7) is 6.00. The van der Waals surface area contributed by atoms with Crippen LogP contribution in [0.15, 0.2) is 0 Å². The van der Waals surface area contributed by atoms with E-state index in [1.54, 1.807) is 18.7 Å². The Morgan fingerprint density at radius 2 is 2.17 bits per heavy atom. The van der Waals surface area contributed by atoms with Gasteiger partial charge < -0.3 is 15.2 Å². The Kier molecular flexibility index (Phi) is 5.95. The van der Waals surface area contributed by atoms with E-state index in [1.165, 1.54) is 0 Å². The molecule has 1 fully saturated rings. The van der Waals surface area contributed by atoms with Crippen molar-refractivity contribution in [3.8, 4) is 0 Å². The summed E-state index contributed by atoms with van der Waals surface area (Å²) in [6.07, 6.45) is 1.78. The van der Waals surface area contributed by atoms with Crippen LogP contribution in [0.3, 0.4) is 0 Å². The predicted molar refractivity (Wildman–Crippen MR) is 74.7 cm³/mol. The van der Waals surface area contributed by atoms with Crippen LogP contribution >= 0.6 is 11.8 Å². The van der Waals surface area contributed by atoms with Crippen molar-refractivity contribution in [2.24, 2.45) is 5.92 Å². The van der Waals surface area contributed by atoms with Crippen molar-refractivity contribution in [2.45, 2.75) is 50.5 Å². The smallest absolute Gasteiger partial charge is 0.327 e. The molecule has 2 N–H and O–H groups in total. The summed E-state index contributed by atoms with van der Waals surface area (Å²) in [6, 6.07) is 0. The third-order valence-electron chi connectivity index (χ3n) is 3.61. The molecule has 3 unspecified atom stereocenters. The fraction of sp³-hybridized carbons (Fsp3) is 0.923. The van der Waals surface area contributed by atoms with Gasteiger partial charge in [-0.25, -0.2) is 0 Å². The van der Waals surface area contributed by atoms with E-state index in [0.29, 0.717) is 18.3 Å². The Morgan fingerprint density at radius 1 is 1.56 bits per heavy atom. The average Bonchev–Trinajstić information content (AvgIpc) is 3.15. The van der Waals surface area contributed by atoms with Crippen LogP contribution in [-0.2, 0) is 9.53 Å². The van der Waals surface area contributed by atoms with Crippen molar-refractivity contribution in [1.82, 2.24) is 5.32 Å². The number of hydrogen-bond acceptors (Lipinski definition) is 5. The second-order valence-electron chi connectivity index (χ2n) is 4.97. The van der Waals surface area contributed by atoms with Gasteiger partial charge in [-0.15, -0.1) is 0 Å². The van der Waals surface area contributed by atoms with E-state index in [1.807, 2.05) is 20.9 Å². The molecule has 18 heavy (non-hydrogen) atoms. The Morgan fingerprint density at radius 3 is 2.56 bits per heavy atom. The molecule has 1 aliphatic rings. The second-order valence-corrected chi connectivity index (χ2v) is 6.34. The van der Waals surface area contributed by atoms with Gasteiger partial charge in [-0.1, -0.05) is 6.92 Å². The largest absolute Gasteiger partial charge is 0.465 e. The molecule has 0 saturated heterocycles. The molecule has 0 aromatic heterocycles. The minimum Gasteiger partial charge on any atom is -0.465 e. The molecule has 3 atom stereocenters. The molecule has 0 radical (unpaired) electrons. The first-order chi connectivity index (χ1) is 8.47.